The Bertz CT molecular complexity index is 1800. The van der Waals surface area contributed by atoms with Crippen molar-refractivity contribution >= 4 is 44.2 Å². The molecular weight excluding hydrogens is 524 g/mol. The molecule has 0 spiro atoms. The summed E-state index contributed by atoms with van der Waals surface area (Å²) in [7, 11) is 1.45. The molecule has 0 amide bonds. The highest BCUT2D eigenvalue weighted by molar-refractivity contribution is 7.89. The van der Waals surface area contributed by atoms with Crippen molar-refractivity contribution in [3.8, 4) is 11.1 Å². The van der Waals surface area contributed by atoms with E-state index in [1.807, 2.05) is 24.4 Å². The minimum Gasteiger partial charge on any atom is -0.345 e. The van der Waals surface area contributed by atoms with Crippen LogP contribution < -0.4 is 10.6 Å². The van der Waals surface area contributed by atoms with Gasteiger partial charge in [0, 0.05) is 62.6 Å². The van der Waals surface area contributed by atoms with E-state index < -0.39 is 10.0 Å². The SMILES string of the molecule is CN1CCc2cc(Nc3nc(Nc4ccccc4S(=O)(=O)N(C)C)c4c(-c5cccnc5)c[nH]c4n3)ccc2C1. The van der Waals surface area contributed by atoms with Crippen molar-refractivity contribution < 1.29 is 8.42 Å². The number of benzene rings is 2. The van der Waals surface area contributed by atoms with Crippen LogP contribution in [0, 0.1) is 0 Å². The van der Waals surface area contributed by atoms with Gasteiger partial charge in [-0.25, -0.2) is 12.7 Å². The predicted octanol–water partition coefficient (Wildman–Crippen LogP) is 4.75. The molecule has 0 saturated carbocycles. The molecule has 4 heterocycles. The van der Waals surface area contributed by atoms with E-state index in [-0.39, 0.29) is 4.90 Å². The second-order valence-corrected chi connectivity index (χ2v) is 12.2. The van der Waals surface area contributed by atoms with Crippen LogP contribution in [0.1, 0.15) is 11.1 Å². The first-order valence-electron chi connectivity index (χ1n) is 12.9. The van der Waals surface area contributed by atoms with Crippen molar-refractivity contribution in [3.63, 3.8) is 0 Å². The number of hydrogen-bond donors (Lipinski definition) is 3. The molecule has 3 N–H and O–H groups in total. The Morgan fingerprint density at radius 3 is 2.65 bits per heavy atom. The summed E-state index contributed by atoms with van der Waals surface area (Å²) in [6.07, 6.45) is 6.34. The number of pyridine rings is 1. The molecule has 40 heavy (non-hydrogen) atoms. The van der Waals surface area contributed by atoms with Gasteiger partial charge in [0.25, 0.3) is 0 Å². The topological polar surface area (TPSA) is 119 Å². The van der Waals surface area contributed by atoms with Gasteiger partial charge in [-0.1, -0.05) is 24.3 Å². The molecule has 0 fully saturated rings. The van der Waals surface area contributed by atoms with Gasteiger partial charge in [0.1, 0.15) is 16.4 Å². The highest BCUT2D eigenvalue weighted by atomic mass is 32.2. The van der Waals surface area contributed by atoms with E-state index in [1.165, 1.54) is 29.5 Å². The summed E-state index contributed by atoms with van der Waals surface area (Å²) in [5, 5.41) is 7.40. The average molecular weight is 555 g/mol. The molecule has 0 saturated heterocycles. The van der Waals surface area contributed by atoms with Crippen LogP contribution in [0.25, 0.3) is 22.2 Å². The Balaban J connectivity index is 1.46. The number of likely N-dealkylation sites (N-methyl/N-ethyl adjacent to an activating group) is 1. The third kappa shape index (κ3) is 4.90. The maximum atomic E-state index is 13.1. The fourth-order valence-electron chi connectivity index (χ4n) is 4.95. The smallest absolute Gasteiger partial charge is 0.244 e. The van der Waals surface area contributed by atoms with Crippen molar-refractivity contribution in [1.82, 2.24) is 29.1 Å². The monoisotopic (exact) mass is 554 g/mol. The highest BCUT2D eigenvalue weighted by Crippen LogP contribution is 2.36. The lowest BCUT2D eigenvalue weighted by atomic mass is 9.99. The number of anilines is 4. The Hall–Kier alpha value is -4.32. The fraction of sp³-hybridized carbons (Fsp3) is 0.207. The number of para-hydroxylation sites is 1. The molecule has 10 nitrogen and oxygen atoms in total. The molecule has 5 aromatic rings. The van der Waals surface area contributed by atoms with Crippen molar-refractivity contribution in [1.29, 1.82) is 0 Å². The second kappa shape index (κ2) is 10.3. The first-order chi connectivity index (χ1) is 19.3. The van der Waals surface area contributed by atoms with Crippen LogP contribution in [0.2, 0.25) is 0 Å². The van der Waals surface area contributed by atoms with Gasteiger partial charge in [-0.3, -0.25) is 4.98 Å². The van der Waals surface area contributed by atoms with Crippen LogP contribution in [-0.2, 0) is 23.0 Å². The van der Waals surface area contributed by atoms with Gasteiger partial charge >= 0.3 is 0 Å². The van der Waals surface area contributed by atoms with Crippen molar-refractivity contribution in [2.24, 2.45) is 0 Å². The van der Waals surface area contributed by atoms with Crippen LogP contribution in [0.3, 0.4) is 0 Å². The normalized spacial score (nSPS) is 13.9. The number of hydrogen-bond acceptors (Lipinski definition) is 8. The van der Waals surface area contributed by atoms with Gasteiger partial charge in [-0.15, -0.1) is 0 Å². The lowest BCUT2D eigenvalue weighted by Gasteiger charge is -2.25. The minimum atomic E-state index is -3.71. The zero-order valence-corrected chi connectivity index (χ0v) is 23.3. The van der Waals surface area contributed by atoms with Crippen molar-refractivity contribution in [2.75, 3.05) is 38.3 Å². The molecule has 2 aromatic carbocycles. The summed E-state index contributed by atoms with van der Waals surface area (Å²) in [6.45, 7) is 1.95. The number of rotatable bonds is 7. The maximum absolute atomic E-state index is 13.1. The molecule has 3 aromatic heterocycles. The number of nitrogens with one attached hydrogen (secondary N) is 3. The number of aromatic nitrogens is 4. The summed E-state index contributed by atoms with van der Waals surface area (Å²) in [6, 6.07) is 17.0. The van der Waals surface area contributed by atoms with E-state index in [0.717, 1.165) is 41.7 Å². The molecule has 0 atom stereocenters. The summed E-state index contributed by atoms with van der Waals surface area (Å²) < 4.78 is 27.4. The van der Waals surface area contributed by atoms with Gasteiger partial charge in [0.15, 0.2) is 0 Å². The predicted molar refractivity (Wildman–Crippen MR) is 157 cm³/mol. The van der Waals surface area contributed by atoms with E-state index in [1.54, 1.807) is 36.7 Å². The lowest BCUT2D eigenvalue weighted by Crippen LogP contribution is -2.26. The van der Waals surface area contributed by atoms with Crippen LogP contribution >= 0.6 is 0 Å². The zero-order valence-electron chi connectivity index (χ0n) is 22.5. The molecular formula is C29H30N8O2S. The molecule has 0 unspecified atom stereocenters. The summed E-state index contributed by atoms with van der Waals surface area (Å²) in [5.74, 6) is 0.851. The summed E-state index contributed by atoms with van der Waals surface area (Å²) in [4.78, 5) is 19.6. The number of H-pyrrole nitrogens is 1. The van der Waals surface area contributed by atoms with Gasteiger partial charge in [0.2, 0.25) is 16.0 Å². The van der Waals surface area contributed by atoms with Crippen LogP contribution in [0.4, 0.5) is 23.1 Å². The van der Waals surface area contributed by atoms with E-state index in [4.69, 9.17) is 9.97 Å². The van der Waals surface area contributed by atoms with E-state index in [2.05, 4.69) is 44.7 Å². The summed E-state index contributed by atoms with van der Waals surface area (Å²) in [5.41, 5.74) is 6.28. The third-order valence-electron chi connectivity index (χ3n) is 7.07. The first-order valence-corrected chi connectivity index (χ1v) is 14.4. The van der Waals surface area contributed by atoms with Crippen LogP contribution in [0.5, 0.6) is 0 Å². The van der Waals surface area contributed by atoms with E-state index in [0.29, 0.717) is 23.1 Å². The zero-order chi connectivity index (χ0) is 27.9. The number of fused-ring (bicyclic) bond motifs is 2. The number of nitrogens with zero attached hydrogens (tertiary/aromatic N) is 5. The first kappa shape index (κ1) is 25.9. The molecule has 11 heteroatoms. The van der Waals surface area contributed by atoms with E-state index >= 15 is 0 Å². The van der Waals surface area contributed by atoms with E-state index in [9.17, 15) is 8.42 Å². The molecule has 1 aliphatic rings. The molecule has 0 bridgehead atoms. The van der Waals surface area contributed by atoms with Crippen molar-refractivity contribution in [3.05, 3.63) is 84.3 Å². The summed E-state index contributed by atoms with van der Waals surface area (Å²) >= 11 is 0. The Morgan fingerprint density at radius 2 is 1.85 bits per heavy atom. The maximum Gasteiger partial charge on any atom is 0.244 e. The fourth-order valence-corrected chi connectivity index (χ4v) is 5.99. The standard InChI is InChI=1S/C29H30N8O2S/c1-36(2)40(38,39)25-9-5-4-8-24(25)33-28-26-23(20-7-6-13-30-16-20)17-31-27(26)34-29(35-28)32-22-11-10-21-18-37(3)14-12-19(21)15-22/h4-11,13,15-17H,12,14,18H2,1-3H3,(H3,31,32,33,34,35). The Labute approximate surface area is 233 Å². The quantitative estimate of drug-likeness (QED) is 0.264. The molecule has 204 valence electrons. The molecule has 0 radical (unpaired) electrons. The van der Waals surface area contributed by atoms with Gasteiger partial charge in [-0.05, 0) is 54.9 Å². The third-order valence-corrected chi connectivity index (χ3v) is 8.94. The van der Waals surface area contributed by atoms with Gasteiger partial charge in [-0.2, -0.15) is 9.97 Å². The minimum absolute atomic E-state index is 0.152. The van der Waals surface area contributed by atoms with Crippen LogP contribution in [0.15, 0.2) is 78.1 Å². The second-order valence-electron chi connectivity index (χ2n) is 10.1. The Kier molecular flexibility index (Phi) is 6.70. The van der Waals surface area contributed by atoms with Crippen LogP contribution in [-0.4, -0.2) is 65.2 Å². The molecule has 6 rings (SSSR count). The molecule has 1 aliphatic heterocycles. The Morgan fingerprint density at radius 1 is 1.00 bits per heavy atom. The largest absolute Gasteiger partial charge is 0.345 e. The van der Waals surface area contributed by atoms with Gasteiger partial charge < -0.3 is 20.5 Å². The van der Waals surface area contributed by atoms with Gasteiger partial charge in [0.05, 0.1) is 11.1 Å². The number of sulfonamides is 1. The lowest BCUT2D eigenvalue weighted by molar-refractivity contribution is 0.313. The van der Waals surface area contributed by atoms with Crippen molar-refractivity contribution in [2.45, 2.75) is 17.9 Å². The highest BCUT2D eigenvalue weighted by Gasteiger charge is 2.23. The average Bonchev–Trinajstić information content (AvgIpc) is 3.38. The molecule has 0 aliphatic carbocycles. The number of aromatic amines is 1.